The van der Waals surface area contributed by atoms with Gasteiger partial charge in [-0.2, -0.15) is 0 Å². The third-order valence-corrected chi connectivity index (χ3v) is 3.41. The van der Waals surface area contributed by atoms with Crippen LogP contribution in [0, 0.1) is 0 Å². The molecule has 0 aliphatic heterocycles. The third kappa shape index (κ3) is 10.6. The second-order valence-electron chi connectivity index (χ2n) is 4.61. The third-order valence-electron chi connectivity index (χ3n) is 3.02. The van der Waals surface area contributed by atoms with Crippen LogP contribution in [0.15, 0.2) is 0 Å². The quantitative estimate of drug-likeness (QED) is 0.307. The van der Waals surface area contributed by atoms with E-state index < -0.39 is 5.38 Å². The summed E-state index contributed by atoms with van der Waals surface area (Å²) < 4.78 is 4.57. The van der Waals surface area contributed by atoms with Crippen molar-refractivity contribution in [2.45, 2.75) is 76.5 Å². The van der Waals surface area contributed by atoms with Gasteiger partial charge in [-0.05, 0) is 6.42 Å². The Kier molecular flexibility index (Phi) is 12.1. The van der Waals surface area contributed by atoms with Gasteiger partial charge >= 0.3 is 5.97 Å². The molecule has 0 aromatic carbocycles. The Morgan fingerprint density at radius 2 is 1.47 bits per heavy atom. The van der Waals surface area contributed by atoms with Crippen LogP contribution in [0.25, 0.3) is 0 Å². The van der Waals surface area contributed by atoms with Crippen molar-refractivity contribution < 1.29 is 9.53 Å². The average molecular weight is 263 g/mol. The number of rotatable bonds is 11. The molecule has 0 aromatic rings. The molecule has 0 amide bonds. The van der Waals surface area contributed by atoms with Gasteiger partial charge in [0, 0.05) is 0 Å². The second kappa shape index (κ2) is 12.2. The minimum Gasteiger partial charge on any atom is -0.468 e. The zero-order chi connectivity index (χ0) is 12.9. The van der Waals surface area contributed by atoms with Crippen LogP contribution >= 0.6 is 11.6 Å². The summed E-state index contributed by atoms with van der Waals surface area (Å²) in [4.78, 5) is 11.0. The number of unbranched alkanes of at least 4 members (excludes halogenated alkanes) is 8. The summed E-state index contributed by atoms with van der Waals surface area (Å²) in [6, 6.07) is 0. The van der Waals surface area contributed by atoms with Crippen molar-refractivity contribution in [2.24, 2.45) is 0 Å². The first-order valence-electron chi connectivity index (χ1n) is 6.94. The summed E-state index contributed by atoms with van der Waals surface area (Å²) in [6.45, 7) is 2.24. The molecule has 0 bridgehead atoms. The van der Waals surface area contributed by atoms with Crippen LogP contribution in [-0.2, 0) is 9.53 Å². The maximum atomic E-state index is 11.0. The number of halogens is 1. The van der Waals surface area contributed by atoms with Gasteiger partial charge in [0.05, 0.1) is 7.11 Å². The van der Waals surface area contributed by atoms with Gasteiger partial charge in [-0.15, -0.1) is 11.6 Å². The highest BCUT2D eigenvalue weighted by Gasteiger charge is 2.14. The number of alkyl halides is 1. The van der Waals surface area contributed by atoms with E-state index in [1.165, 1.54) is 58.5 Å². The topological polar surface area (TPSA) is 26.3 Å². The van der Waals surface area contributed by atoms with Crippen molar-refractivity contribution in [3.63, 3.8) is 0 Å². The molecule has 0 saturated carbocycles. The number of esters is 1. The Bertz CT molecular complexity index is 183. The summed E-state index contributed by atoms with van der Waals surface area (Å²) >= 11 is 5.85. The van der Waals surface area contributed by atoms with Crippen molar-refractivity contribution in [1.29, 1.82) is 0 Å². The van der Waals surface area contributed by atoms with Gasteiger partial charge in [0.2, 0.25) is 0 Å². The molecular weight excluding hydrogens is 236 g/mol. The van der Waals surface area contributed by atoms with Gasteiger partial charge in [-0.3, -0.25) is 4.79 Å². The van der Waals surface area contributed by atoms with Gasteiger partial charge in [-0.1, -0.05) is 64.7 Å². The molecule has 2 nitrogen and oxygen atoms in total. The smallest absolute Gasteiger partial charge is 0.323 e. The molecule has 0 saturated heterocycles. The largest absolute Gasteiger partial charge is 0.468 e. The molecule has 0 aliphatic rings. The van der Waals surface area contributed by atoms with Gasteiger partial charge < -0.3 is 4.74 Å². The van der Waals surface area contributed by atoms with E-state index in [0.29, 0.717) is 0 Å². The molecule has 0 aliphatic carbocycles. The molecule has 0 N–H and O–H groups in total. The van der Waals surface area contributed by atoms with E-state index in [2.05, 4.69) is 11.7 Å². The number of ether oxygens (including phenoxy) is 1. The highest BCUT2D eigenvalue weighted by molar-refractivity contribution is 6.29. The lowest BCUT2D eigenvalue weighted by atomic mass is 10.1. The van der Waals surface area contributed by atoms with Crippen molar-refractivity contribution in [3.8, 4) is 0 Å². The van der Waals surface area contributed by atoms with E-state index in [9.17, 15) is 4.79 Å². The molecular formula is C14H27ClO2. The van der Waals surface area contributed by atoms with Gasteiger partial charge in [0.25, 0.3) is 0 Å². The zero-order valence-electron chi connectivity index (χ0n) is 11.3. The molecule has 17 heavy (non-hydrogen) atoms. The molecule has 0 aromatic heterocycles. The summed E-state index contributed by atoms with van der Waals surface area (Å²) in [5.41, 5.74) is 0. The summed E-state index contributed by atoms with van der Waals surface area (Å²) in [7, 11) is 1.38. The van der Waals surface area contributed by atoms with E-state index >= 15 is 0 Å². The zero-order valence-corrected chi connectivity index (χ0v) is 12.1. The minimum atomic E-state index is -0.454. The number of carbonyl (C=O) groups excluding carboxylic acids is 1. The predicted octanol–water partition coefficient (Wildman–Crippen LogP) is 4.69. The predicted molar refractivity (Wildman–Crippen MR) is 73.5 cm³/mol. The Balaban J connectivity index is 3.15. The Labute approximate surface area is 111 Å². The first-order chi connectivity index (χ1) is 8.22. The Morgan fingerprint density at radius 1 is 1.00 bits per heavy atom. The van der Waals surface area contributed by atoms with Crippen molar-refractivity contribution in [3.05, 3.63) is 0 Å². The minimum absolute atomic E-state index is 0.300. The molecule has 0 fully saturated rings. The maximum absolute atomic E-state index is 11.0. The lowest BCUT2D eigenvalue weighted by molar-refractivity contribution is -0.140. The molecule has 0 rings (SSSR count). The van der Waals surface area contributed by atoms with Crippen molar-refractivity contribution in [1.82, 2.24) is 0 Å². The molecule has 0 spiro atoms. The first kappa shape index (κ1) is 16.8. The number of hydrogen-bond donors (Lipinski definition) is 0. The van der Waals surface area contributed by atoms with E-state index in [1.54, 1.807) is 0 Å². The fourth-order valence-corrected chi connectivity index (χ4v) is 2.12. The standard InChI is InChI=1S/C14H27ClO2/c1-3-4-5-6-7-8-9-10-11-12-13(15)14(16)17-2/h13H,3-12H2,1-2H3. The molecule has 1 unspecified atom stereocenters. The molecule has 102 valence electrons. The van der Waals surface area contributed by atoms with E-state index in [0.717, 1.165) is 12.8 Å². The van der Waals surface area contributed by atoms with Crippen LogP contribution in [0.5, 0.6) is 0 Å². The van der Waals surface area contributed by atoms with E-state index in [1.807, 2.05) is 0 Å². The van der Waals surface area contributed by atoms with E-state index in [-0.39, 0.29) is 5.97 Å². The van der Waals surface area contributed by atoms with Crippen molar-refractivity contribution >= 4 is 17.6 Å². The van der Waals surface area contributed by atoms with Crippen LogP contribution in [0.4, 0.5) is 0 Å². The Morgan fingerprint density at radius 3 is 1.94 bits per heavy atom. The van der Waals surface area contributed by atoms with Crippen LogP contribution in [0.3, 0.4) is 0 Å². The molecule has 3 heteroatoms. The van der Waals surface area contributed by atoms with Gasteiger partial charge in [0.1, 0.15) is 5.38 Å². The lowest BCUT2D eigenvalue weighted by Crippen LogP contribution is -2.15. The second-order valence-corrected chi connectivity index (χ2v) is 5.13. The highest BCUT2D eigenvalue weighted by atomic mass is 35.5. The summed E-state index contributed by atoms with van der Waals surface area (Å²) in [6.07, 6.45) is 12.3. The lowest BCUT2D eigenvalue weighted by Gasteiger charge is -2.06. The van der Waals surface area contributed by atoms with Crippen LogP contribution in [-0.4, -0.2) is 18.5 Å². The monoisotopic (exact) mass is 262 g/mol. The molecule has 1 atom stereocenters. The fourth-order valence-electron chi connectivity index (χ4n) is 1.88. The van der Waals surface area contributed by atoms with Gasteiger partial charge in [-0.25, -0.2) is 0 Å². The van der Waals surface area contributed by atoms with Crippen LogP contribution in [0.2, 0.25) is 0 Å². The van der Waals surface area contributed by atoms with Crippen LogP contribution < -0.4 is 0 Å². The van der Waals surface area contributed by atoms with Gasteiger partial charge in [0.15, 0.2) is 0 Å². The van der Waals surface area contributed by atoms with Crippen molar-refractivity contribution in [2.75, 3.05) is 7.11 Å². The number of carbonyl (C=O) groups is 1. The van der Waals surface area contributed by atoms with Crippen LogP contribution in [0.1, 0.15) is 71.1 Å². The number of methoxy groups -OCH3 is 1. The highest BCUT2D eigenvalue weighted by Crippen LogP contribution is 2.13. The van der Waals surface area contributed by atoms with E-state index in [4.69, 9.17) is 11.6 Å². The normalized spacial score (nSPS) is 12.4. The maximum Gasteiger partial charge on any atom is 0.323 e. The SMILES string of the molecule is CCCCCCCCCCCC(Cl)C(=O)OC. The molecule has 0 radical (unpaired) electrons. The fraction of sp³-hybridized carbons (Fsp3) is 0.929. The first-order valence-corrected chi connectivity index (χ1v) is 7.38. The average Bonchev–Trinajstić information content (AvgIpc) is 2.35. The Hall–Kier alpha value is -0.240. The summed E-state index contributed by atoms with van der Waals surface area (Å²) in [5.74, 6) is -0.300. The summed E-state index contributed by atoms with van der Waals surface area (Å²) in [5, 5.41) is -0.454. The molecule has 0 heterocycles. The number of hydrogen-bond acceptors (Lipinski definition) is 2.